The molecule has 1 N–H and O–H groups in total. The van der Waals surface area contributed by atoms with Crippen molar-refractivity contribution in [1.29, 1.82) is 0 Å². The number of nitrogens with one attached hydrogen (secondary N) is 1. The third-order valence-corrected chi connectivity index (χ3v) is 1.66. The van der Waals surface area contributed by atoms with Gasteiger partial charge in [-0.05, 0) is 18.2 Å². The SMILES string of the molecule is O=[C]Nc1ccc2nccnc2c1. The van der Waals surface area contributed by atoms with Crippen LogP contribution in [0, 0.1) is 0 Å². The number of hydrogen-bond acceptors (Lipinski definition) is 3. The van der Waals surface area contributed by atoms with Crippen LogP contribution in [-0.2, 0) is 4.79 Å². The Kier molecular flexibility index (Phi) is 1.88. The van der Waals surface area contributed by atoms with Crippen molar-refractivity contribution in [3.8, 4) is 0 Å². The minimum Gasteiger partial charge on any atom is -0.318 e. The molecular weight excluding hydrogens is 166 g/mol. The summed E-state index contributed by atoms with van der Waals surface area (Å²) in [4.78, 5) is 18.2. The van der Waals surface area contributed by atoms with Crippen LogP contribution < -0.4 is 5.32 Å². The van der Waals surface area contributed by atoms with Gasteiger partial charge in [-0.1, -0.05) is 0 Å². The largest absolute Gasteiger partial charge is 0.318 e. The van der Waals surface area contributed by atoms with E-state index in [2.05, 4.69) is 15.3 Å². The summed E-state index contributed by atoms with van der Waals surface area (Å²) < 4.78 is 0. The Labute approximate surface area is 74.6 Å². The van der Waals surface area contributed by atoms with Crippen LogP contribution in [0.2, 0.25) is 0 Å². The Hall–Kier alpha value is -1.97. The lowest BCUT2D eigenvalue weighted by Crippen LogP contribution is -1.93. The number of nitrogens with zero attached hydrogens (tertiary/aromatic N) is 2. The third-order valence-electron chi connectivity index (χ3n) is 1.66. The second kappa shape index (κ2) is 3.18. The lowest BCUT2D eigenvalue weighted by molar-refractivity contribution is 0.561. The van der Waals surface area contributed by atoms with Crippen LogP contribution in [0.1, 0.15) is 0 Å². The fourth-order valence-electron chi connectivity index (χ4n) is 1.10. The maximum atomic E-state index is 10.0. The first-order valence-corrected chi connectivity index (χ1v) is 3.74. The van der Waals surface area contributed by atoms with Crippen LogP contribution in [0.5, 0.6) is 0 Å². The smallest absolute Gasteiger partial charge is 0.314 e. The summed E-state index contributed by atoms with van der Waals surface area (Å²) in [5, 5.41) is 2.43. The van der Waals surface area contributed by atoms with Crippen molar-refractivity contribution in [2.45, 2.75) is 0 Å². The van der Waals surface area contributed by atoms with Crippen LogP contribution >= 0.6 is 0 Å². The van der Waals surface area contributed by atoms with Gasteiger partial charge in [0.05, 0.1) is 11.0 Å². The first-order valence-electron chi connectivity index (χ1n) is 3.74. The zero-order valence-electron chi connectivity index (χ0n) is 6.69. The summed E-state index contributed by atoms with van der Waals surface area (Å²) >= 11 is 0. The molecular formula is C9H6N3O. The van der Waals surface area contributed by atoms with Gasteiger partial charge < -0.3 is 5.32 Å². The van der Waals surface area contributed by atoms with Crippen LogP contribution in [-0.4, -0.2) is 16.4 Å². The van der Waals surface area contributed by atoms with Crippen LogP contribution in [0.25, 0.3) is 11.0 Å². The lowest BCUT2D eigenvalue weighted by atomic mass is 10.2. The second-order valence-corrected chi connectivity index (χ2v) is 2.49. The van der Waals surface area contributed by atoms with E-state index in [9.17, 15) is 4.79 Å². The molecule has 0 bridgehead atoms. The number of rotatable bonds is 2. The molecule has 0 aliphatic rings. The maximum absolute atomic E-state index is 10.0. The van der Waals surface area contributed by atoms with E-state index in [4.69, 9.17) is 0 Å². The van der Waals surface area contributed by atoms with Gasteiger partial charge >= 0.3 is 6.41 Å². The average Bonchev–Trinajstić information content (AvgIpc) is 2.18. The molecule has 2 aromatic rings. The van der Waals surface area contributed by atoms with Crippen molar-refractivity contribution >= 4 is 23.1 Å². The molecule has 4 heteroatoms. The maximum Gasteiger partial charge on any atom is 0.314 e. The Morgan fingerprint density at radius 1 is 1.15 bits per heavy atom. The van der Waals surface area contributed by atoms with Gasteiger partial charge in [0.1, 0.15) is 0 Å². The van der Waals surface area contributed by atoms with E-state index < -0.39 is 0 Å². The minimum absolute atomic E-state index is 0.669. The number of hydrogen-bond donors (Lipinski definition) is 1. The molecule has 0 atom stereocenters. The highest BCUT2D eigenvalue weighted by molar-refractivity contribution is 5.82. The van der Waals surface area contributed by atoms with Gasteiger partial charge in [-0.25, -0.2) is 0 Å². The van der Waals surface area contributed by atoms with Crippen molar-refractivity contribution < 1.29 is 4.79 Å². The number of amides is 1. The molecule has 1 aromatic carbocycles. The standard InChI is InChI=1S/C9H6N3O/c13-6-12-7-1-2-8-9(5-7)11-4-3-10-8/h1-5H,(H,12,13). The zero-order valence-corrected chi connectivity index (χ0v) is 6.69. The van der Waals surface area contributed by atoms with Gasteiger partial charge in [0.2, 0.25) is 0 Å². The van der Waals surface area contributed by atoms with Crippen LogP contribution in [0.4, 0.5) is 5.69 Å². The molecule has 0 aliphatic heterocycles. The first kappa shape index (κ1) is 7.67. The molecule has 2 rings (SSSR count). The molecule has 1 aromatic heterocycles. The summed E-state index contributed by atoms with van der Waals surface area (Å²) in [6, 6.07) is 5.29. The summed E-state index contributed by atoms with van der Waals surface area (Å²) in [5.74, 6) is 0. The Balaban J connectivity index is 2.55. The Morgan fingerprint density at radius 2 is 1.92 bits per heavy atom. The molecule has 0 saturated carbocycles. The summed E-state index contributed by atoms with van der Waals surface area (Å²) in [6.07, 6.45) is 4.83. The molecule has 0 aliphatic carbocycles. The Morgan fingerprint density at radius 3 is 2.69 bits per heavy atom. The third kappa shape index (κ3) is 1.46. The van der Waals surface area contributed by atoms with Crippen LogP contribution in [0.3, 0.4) is 0 Å². The molecule has 0 saturated heterocycles. The highest BCUT2D eigenvalue weighted by Crippen LogP contribution is 2.13. The predicted octanol–water partition coefficient (Wildman–Crippen LogP) is 1.11. The van der Waals surface area contributed by atoms with Crippen LogP contribution in [0.15, 0.2) is 30.6 Å². The molecule has 63 valence electrons. The fourth-order valence-corrected chi connectivity index (χ4v) is 1.10. The minimum atomic E-state index is 0.669. The van der Waals surface area contributed by atoms with Gasteiger partial charge in [0.15, 0.2) is 0 Å². The summed E-state index contributed by atoms with van der Waals surface area (Å²) in [5.41, 5.74) is 2.23. The van der Waals surface area contributed by atoms with Gasteiger partial charge in [-0.3, -0.25) is 14.8 Å². The van der Waals surface area contributed by atoms with Crippen molar-refractivity contribution in [3.05, 3.63) is 30.6 Å². The summed E-state index contributed by atoms with van der Waals surface area (Å²) in [7, 11) is 0. The molecule has 13 heavy (non-hydrogen) atoms. The number of carbonyl (C=O) groups excluding carboxylic acids is 1. The molecule has 4 nitrogen and oxygen atoms in total. The number of aromatic nitrogens is 2. The van der Waals surface area contributed by atoms with E-state index >= 15 is 0 Å². The quantitative estimate of drug-likeness (QED) is 0.690. The second-order valence-electron chi connectivity index (χ2n) is 2.49. The van der Waals surface area contributed by atoms with Gasteiger partial charge in [-0.2, -0.15) is 0 Å². The van der Waals surface area contributed by atoms with Crippen molar-refractivity contribution in [2.24, 2.45) is 0 Å². The Bertz CT molecular complexity index is 442. The average molecular weight is 172 g/mol. The zero-order chi connectivity index (χ0) is 9.10. The molecule has 0 spiro atoms. The van der Waals surface area contributed by atoms with Gasteiger partial charge in [0, 0.05) is 18.1 Å². The van der Waals surface area contributed by atoms with Crippen molar-refractivity contribution in [2.75, 3.05) is 5.32 Å². The van der Waals surface area contributed by atoms with E-state index in [0.29, 0.717) is 5.69 Å². The lowest BCUT2D eigenvalue weighted by Gasteiger charge is -1.98. The van der Waals surface area contributed by atoms with E-state index in [1.54, 1.807) is 37.0 Å². The fraction of sp³-hybridized carbons (Fsp3) is 0. The van der Waals surface area contributed by atoms with Gasteiger partial charge in [-0.15, -0.1) is 0 Å². The normalized spacial score (nSPS) is 9.85. The predicted molar refractivity (Wildman–Crippen MR) is 48.9 cm³/mol. The first-order chi connectivity index (χ1) is 6.40. The highest BCUT2D eigenvalue weighted by atomic mass is 16.1. The number of benzene rings is 1. The molecule has 1 radical (unpaired) electrons. The van der Waals surface area contributed by atoms with E-state index in [1.165, 1.54) is 0 Å². The molecule has 0 unspecified atom stereocenters. The summed E-state index contributed by atoms with van der Waals surface area (Å²) in [6.45, 7) is 0. The van der Waals surface area contributed by atoms with E-state index in [-0.39, 0.29) is 0 Å². The molecule has 1 amide bonds. The monoisotopic (exact) mass is 172 g/mol. The number of fused-ring (bicyclic) bond motifs is 1. The van der Waals surface area contributed by atoms with Crippen molar-refractivity contribution in [3.63, 3.8) is 0 Å². The topological polar surface area (TPSA) is 54.9 Å². The van der Waals surface area contributed by atoms with Gasteiger partial charge in [0.25, 0.3) is 0 Å². The van der Waals surface area contributed by atoms with E-state index in [1.807, 2.05) is 0 Å². The van der Waals surface area contributed by atoms with E-state index in [0.717, 1.165) is 11.0 Å². The molecule has 0 fully saturated rings. The van der Waals surface area contributed by atoms with Crippen molar-refractivity contribution in [1.82, 2.24) is 9.97 Å². The highest BCUT2D eigenvalue weighted by Gasteiger charge is 1.96. The number of anilines is 1. The molecule has 1 heterocycles.